The summed E-state index contributed by atoms with van der Waals surface area (Å²) in [5.41, 5.74) is 5.32. The first kappa shape index (κ1) is 13.9. The van der Waals surface area contributed by atoms with Crippen molar-refractivity contribution in [2.75, 3.05) is 13.6 Å². The molecule has 0 rings (SSSR count). The fourth-order valence-corrected chi connectivity index (χ4v) is 1.16. The van der Waals surface area contributed by atoms with E-state index in [1.54, 1.807) is 0 Å². The van der Waals surface area contributed by atoms with E-state index in [2.05, 4.69) is 0 Å². The minimum absolute atomic E-state index is 0.123. The second-order valence-corrected chi connectivity index (χ2v) is 3.62. The standard InChI is InChI=1S/C10H20N2O3/c1-8(10(14)15)12(2)9(13)6-4-3-5-7-11/h8H,3-7,11H2,1-2H3,(H,14,15). The maximum Gasteiger partial charge on any atom is 0.326 e. The van der Waals surface area contributed by atoms with Gasteiger partial charge in [-0.05, 0) is 26.3 Å². The number of unbranched alkanes of at least 4 members (excludes halogenated alkanes) is 2. The Bertz CT molecular complexity index is 219. The summed E-state index contributed by atoms with van der Waals surface area (Å²) in [6.07, 6.45) is 2.99. The fourth-order valence-electron chi connectivity index (χ4n) is 1.16. The molecule has 0 aromatic carbocycles. The number of hydrogen-bond donors (Lipinski definition) is 2. The van der Waals surface area contributed by atoms with Gasteiger partial charge in [-0.3, -0.25) is 4.79 Å². The highest BCUT2D eigenvalue weighted by Crippen LogP contribution is 2.04. The summed E-state index contributed by atoms with van der Waals surface area (Å²) in [6, 6.07) is -0.757. The zero-order chi connectivity index (χ0) is 11.8. The molecule has 0 aromatic heterocycles. The number of nitrogens with zero attached hydrogens (tertiary/aromatic N) is 1. The minimum Gasteiger partial charge on any atom is -0.480 e. The zero-order valence-electron chi connectivity index (χ0n) is 9.40. The monoisotopic (exact) mass is 216 g/mol. The SMILES string of the molecule is CC(C(=O)O)N(C)C(=O)CCCCCN. The number of likely N-dealkylation sites (N-methyl/N-ethyl adjacent to an activating group) is 1. The van der Waals surface area contributed by atoms with Crippen molar-refractivity contribution in [2.45, 2.75) is 38.6 Å². The Morgan fingerprint density at radius 3 is 2.40 bits per heavy atom. The first-order chi connectivity index (χ1) is 7.00. The molecule has 88 valence electrons. The lowest BCUT2D eigenvalue weighted by Crippen LogP contribution is -2.40. The molecule has 1 amide bonds. The average Bonchev–Trinajstić information content (AvgIpc) is 2.21. The molecule has 0 heterocycles. The third kappa shape index (κ3) is 5.37. The van der Waals surface area contributed by atoms with E-state index in [-0.39, 0.29) is 5.91 Å². The van der Waals surface area contributed by atoms with Crippen molar-refractivity contribution in [1.29, 1.82) is 0 Å². The van der Waals surface area contributed by atoms with Gasteiger partial charge in [-0.25, -0.2) is 4.79 Å². The van der Waals surface area contributed by atoms with Gasteiger partial charge in [0.15, 0.2) is 0 Å². The van der Waals surface area contributed by atoms with E-state index in [0.29, 0.717) is 13.0 Å². The molecule has 0 aliphatic carbocycles. The van der Waals surface area contributed by atoms with Gasteiger partial charge in [0.1, 0.15) is 6.04 Å². The van der Waals surface area contributed by atoms with Gasteiger partial charge in [0, 0.05) is 13.5 Å². The number of hydrogen-bond acceptors (Lipinski definition) is 3. The van der Waals surface area contributed by atoms with Gasteiger partial charge in [-0.2, -0.15) is 0 Å². The molecule has 0 bridgehead atoms. The normalized spacial score (nSPS) is 12.2. The van der Waals surface area contributed by atoms with E-state index < -0.39 is 12.0 Å². The Hall–Kier alpha value is -1.10. The molecule has 1 atom stereocenters. The van der Waals surface area contributed by atoms with Crippen LogP contribution in [0, 0.1) is 0 Å². The number of carboxylic acids is 1. The molecule has 0 aromatic rings. The third-order valence-electron chi connectivity index (χ3n) is 2.43. The van der Waals surface area contributed by atoms with E-state index >= 15 is 0 Å². The van der Waals surface area contributed by atoms with Crippen LogP contribution < -0.4 is 5.73 Å². The molecule has 0 saturated heterocycles. The summed E-state index contributed by atoms with van der Waals surface area (Å²) in [6.45, 7) is 2.13. The first-order valence-corrected chi connectivity index (χ1v) is 5.19. The van der Waals surface area contributed by atoms with Crippen molar-refractivity contribution in [2.24, 2.45) is 5.73 Å². The Kier molecular flexibility index (Phi) is 6.70. The Morgan fingerprint density at radius 1 is 1.33 bits per heavy atom. The number of aliphatic carboxylic acids is 1. The number of rotatable bonds is 7. The van der Waals surface area contributed by atoms with Crippen LogP contribution in [-0.4, -0.2) is 41.5 Å². The van der Waals surface area contributed by atoms with E-state index in [1.165, 1.54) is 18.9 Å². The van der Waals surface area contributed by atoms with Crippen LogP contribution in [0.3, 0.4) is 0 Å². The number of nitrogens with two attached hydrogens (primary N) is 1. The second-order valence-electron chi connectivity index (χ2n) is 3.62. The molecule has 0 aliphatic heterocycles. The lowest BCUT2D eigenvalue weighted by molar-refractivity contribution is -0.148. The van der Waals surface area contributed by atoms with Gasteiger partial charge in [-0.15, -0.1) is 0 Å². The van der Waals surface area contributed by atoms with Crippen LogP contribution >= 0.6 is 0 Å². The van der Waals surface area contributed by atoms with E-state index in [1.807, 2.05) is 0 Å². The fraction of sp³-hybridized carbons (Fsp3) is 0.800. The predicted molar refractivity (Wildman–Crippen MR) is 57.4 cm³/mol. The summed E-state index contributed by atoms with van der Waals surface area (Å²) in [5.74, 6) is -1.10. The van der Waals surface area contributed by atoms with E-state index in [9.17, 15) is 9.59 Å². The molecule has 15 heavy (non-hydrogen) atoms. The van der Waals surface area contributed by atoms with Gasteiger partial charge in [0.2, 0.25) is 5.91 Å². The van der Waals surface area contributed by atoms with Crippen molar-refractivity contribution in [3.05, 3.63) is 0 Å². The second kappa shape index (κ2) is 7.23. The molecule has 1 unspecified atom stereocenters. The molecule has 0 radical (unpaired) electrons. The number of carboxylic acid groups (broad SMARTS) is 1. The summed E-state index contributed by atoms with van der Waals surface area (Å²) in [4.78, 5) is 23.4. The molecular weight excluding hydrogens is 196 g/mol. The van der Waals surface area contributed by atoms with Crippen LogP contribution in [0.15, 0.2) is 0 Å². The first-order valence-electron chi connectivity index (χ1n) is 5.19. The van der Waals surface area contributed by atoms with Gasteiger partial charge in [0.05, 0.1) is 0 Å². The lowest BCUT2D eigenvalue weighted by atomic mass is 10.1. The van der Waals surface area contributed by atoms with Crippen LogP contribution in [0.4, 0.5) is 0 Å². The smallest absolute Gasteiger partial charge is 0.326 e. The predicted octanol–water partition coefficient (Wildman–Crippen LogP) is 0.437. The minimum atomic E-state index is -0.979. The van der Waals surface area contributed by atoms with Gasteiger partial charge < -0.3 is 15.7 Å². The number of amides is 1. The van der Waals surface area contributed by atoms with Crippen LogP contribution in [0.5, 0.6) is 0 Å². The maximum atomic E-state index is 11.5. The van der Waals surface area contributed by atoms with E-state index in [0.717, 1.165) is 19.3 Å². The van der Waals surface area contributed by atoms with Gasteiger partial charge in [0.25, 0.3) is 0 Å². The Balaban J connectivity index is 3.84. The highest BCUT2D eigenvalue weighted by Gasteiger charge is 2.20. The molecule has 5 heteroatoms. The molecule has 3 N–H and O–H groups in total. The largest absolute Gasteiger partial charge is 0.480 e. The topological polar surface area (TPSA) is 83.6 Å². The number of carbonyl (C=O) groups is 2. The van der Waals surface area contributed by atoms with Crippen molar-refractivity contribution >= 4 is 11.9 Å². The number of carbonyl (C=O) groups excluding carboxylic acids is 1. The molecule has 0 spiro atoms. The zero-order valence-corrected chi connectivity index (χ0v) is 9.40. The van der Waals surface area contributed by atoms with Crippen LogP contribution in [0.2, 0.25) is 0 Å². The molecule has 0 saturated carbocycles. The molecule has 0 fully saturated rings. The molecule has 5 nitrogen and oxygen atoms in total. The Morgan fingerprint density at radius 2 is 1.93 bits per heavy atom. The van der Waals surface area contributed by atoms with Gasteiger partial charge >= 0.3 is 5.97 Å². The van der Waals surface area contributed by atoms with E-state index in [4.69, 9.17) is 10.8 Å². The Labute approximate surface area is 90.2 Å². The summed E-state index contributed by atoms with van der Waals surface area (Å²) >= 11 is 0. The van der Waals surface area contributed by atoms with Crippen molar-refractivity contribution < 1.29 is 14.7 Å². The quantitative estimate of drug-likeness (QED) is 0.605. The summed E-state index contributed by atoms with van der Waals surface area (Å²) < 4.78 is 0. The average molecular weight is 216 g/mol. The van der Waals surface area contributed by atoms with Gasteiger partial charge in [-0.1, -0.05) is 6.42 Å². The summed E-state index contributed by atoms with van der Waals surface area (Å²) in [5, 5.41) is 8.70. The molecule has 0 aliphatic rings. The van der Waals surface area contributed by atoms with Crippen molar-refractivity contribution in [3.63, 3.8) is 0 Å². The highest BCUT2D eigenvalue weighted by atomic mass is 16.4. The summed E-state index contributed by atoms with van der Waals surface area (Å²) in [7, 11) is 1.52. The maximum absolute atomic E-state index is 11.5. The van der Waals surface area contributed by atoms with Crippen LogP contribution in [0.25, 0.3) is 0 Å². The van der Waals surface area contributed by atoms with Crippen molar-refractivity contribution in [3.8, 4) is 0 Å². The van der Waals surface area contributed by atoms with Crippen LogP contribution in [0.1, 0.15) is 32.6 Å². The highest BCUT2D eigenvalue weighted by molar-refractivity contribution is 5.83. The molecular formula is C10H20N2O3. The van der Waals surface area contributed by atoms with Crippen molar-refractivity contribution in [1.82, 2.24) is 4.90 Å². The lowest BCUT2D eigenvalue weighted by Gasteiger charge is -2.21. The third-order valence-corrected chi connectivity index (χ3v) is 2.43. The van der Waals surface area contributed by atoms with Crippen LogP contribution in [-0.2, 0) is 9.59 Å².